The third-order valence-electron chi connectivity index (χ3n) is 2.78. The average molecular weight is 274 g/mol. The number of aromatic nitrogens is 3. The van der Waals surface area contributed by atoms with Gasteiger partial charge in [-0.25, -0.2) is 19.3 Å². The third-order valence-corrected chi connectivity index (χ3v) is 2.97. The zero-order valence-electron chi connectivity index (χ0n) is 9.62. The molecule has 0 saturated carbocycles. The maximum absolute atomic E-state index is 11.4. The molecule has 0 aliphatic carbocycles. The van der Waals surface area contributed by atoms with Crippen molar-refractivity contribution in [1.29, 1.82) is 0 Å². The zero-order chi connectivity index (χ0) is 13.4. The fourth-order valence-electron chi connectivity index (χ4n) is 2.00. The maximum Gasteiger partial charge on any atom is 0.416 e. The van der Waals surface area contributed by atoms with Crippen molar-refractivity contribution < 1.29 is 9.90 Å². The number of carbonyl (C=O) groups is 1. The molecule has 0 amide bonds. The lowest BCUT2D eigenvalue weighted by Crippen LogP contribution is -2.09. The quantitative estimate of drug-likeness (QED) is 0.691. The van der Waals surface area contributed by atoms with E-state index in [-0.39, 0.29) is 5.28 Å². The van der Waals surface area contributed by atoms with E-state index < -0.39 is 6.09 Å². The Hall–Kier alpha value is -2.40. The second-order valence-electron chi connectivity index (χ2n) is 3.92. The lowest BCUT2D eigenvalue weighted by Gasteiger charge is -2.04. The highest BCUT2D eigenvalue weighted by molar-refractivity contribution is 6.28. The summed E-state index contributed by atoms with van der Waals surface area (Å²) in [6, 6.07) is 10.9. The van der Waals surface area contributed by atoms with Crippen LogP contribution in [0.25, 0.3) is 22.3 Å². The van der Waals surface area contributed by atoms with Crippen molar-refractivity contribution in [3.8, 4) is 11.3 Å². The van der Waals surface area contributed by atoms with Crippen molar-refractivity contribution >= 4 is 28.7 Å². The maximum atomic E-state index is 11.4. The van der Waals surface area contributed by atoms with Gasteiger partial charge in [0.1, 0.15) is 0 Å². The molecule has 0 unspecified atom stereocenters. The minimum absolute atomic E-state index is 0.0923. The molecule has 0 bridgehead atoms. The van der Waals surface area contributed by atoms with Gasteiger partial charge in [0, 0.05) is 0 Å². The highest BCUT2D eigenvalue weighted by Gasteiger charge is 2.16. The van der Waals surface area contributed by atoms with Crippen LogP contribution in [0.2, 0.25) is 5.28 Å². The predicted molar refractivity (Wildman–Crippen MR) is 71.4 cm³/mol. The molecule has 1 aromatic carbocycles. The van der Waals surface area contributed by atoms with E-state index >= 15 is 0 Å². The van der Waals surface area contributed by atoms with E-state index in [1.165, 1.54) is 6.20 Å². The van der Waals surface area contributed by atoms with Crippen LogP contribution in [-0.4, -0.2) is 25.7 Å². The second-order valence-corrected chi connectivity index (χ2v) is 4.26. The van der Waals surface area contributed by atoms with Gasteiger partial charge in [0.25, 0.3) is 0 Å². The summed E-state index contributed by atoms with van der Waals surface area (Å²) in [6.45, 7) is 0. The van der Waals surface area contributed by atoms with Crippen molar-refractivity contribution in [2.75, 3.05) is 0 Å². The first-order chi connectivity index (χ1) is 9.16. The van der Waals surface area contributed by atoms with Gasteiger partial charge in [-0.1, -0.05) is 30.3 Å². The van der Waals surface area contributed by atoms with Crippen LogP contribution < -0.4 is 0 Å². The largest absolute Gasteiger partial charge is 0.464 e. The SMILES string of the molecule is O=C(O)n1c(-c2ccccc2)cc2nc(Cl)ncc21. The molecule has 6 heteroatoms. The van der Waals surface area contributed by atoms with E-state index in [1.807, 2.05) is 30.3 Å². The van der Waals surface area contributed by atoms with Crippen LogP contribution in [-0.2, 0) is 0 Å². The molecule has 0 radical (unpaired) electrons. The Morgan fingerprint density at radius 2 is 2.00 bits per heavy atom. The molecule has 3 rings (SSSR count). The summed E-state index contributed by atoms with van der Waals surface area (Å²) < 4.78 is 1.15. The van der Waals surface area contributed by atoms with Crippen LogP contribution in [0.5, 0.6) is 0 Å². The number of hydrogen-bond acceptors (Lipinski definition) is 3. The molecule has 0 aliphatic heterocycles. The first-order valence-electron chi connectivity index (χ1n) is 5.49. The Bertz CT molecular complexity index is 768. The van der Waals surface area contributed by atoms with Crippen LogP contribution in [0.1, 0.15) is 0 Å². The Morgan fingerprint density at radius 3 is 2.68 bits per heavy atom. The van der Waals surface area contributed by atoms with Crippen LogP contribution >= 0.6 is 11.6 Å². The number of nitrogens with zero attached hydrogens (tertiary/aromatic N) is 3. The number of halogens is 1. The number of carboxylic acid groups (broad SMARTS) is 1. The molecule has 0 saturated heterocycles. The minimum atomic E-state index is -1.08. The van der Waals surface area contributed by atoms with E-state index in [0.717, 1.165) is 10.1 Å². The number of rotatable bonds is 1. The normalized spacial score (nSPS) is 10.8. The first-order valence-corrected chi connectivity index (χ1v) is 5.87. The molecule has 3 aromatic rings. The molecule has 2 heterocycles. The third kappa shape index (κ3) is 1.94. The highest BCUT2D eigenvalue weighted by atomic mass is 35.5. The first kappa shape index (κ1) is 11.7. The molecule has 0 aliphatic rings. The summed E-state index contributed by atoms with van der Waals surface area (Å²) >= 11 is 5.73. The fraction of sp³-hybridized carbons (Fsp3) is 0. The topological polar surface area (TPSA) is 68.0 Å². The van der Waals surface area contributed by atoms with Crippen molar-refractivity contribution in [2.45, 2.75) is 0 Å². The number of benzene rings is 1. The highest BCUT2D eigenvalue weighted by Crippen LogP contribution is 2.27. The van der Waals surface area contributed by atoms with Gasteiger partial charge >= 0.3 is 6.09 Å². The van der Waals surface area contributed by atoms with Crippen LogP contribution in [0.15, 0.2) is 42.6 Å². The van der Waals surface area contributed by atoms with Crippen molar-refractivity contribution in [3.63, 3.8) is 0 Å². The zero-order valence-corrected chi connectivity index (χ0v) is 10.4. The molecule has 1 N–H and O–H groups in total. The van der Waals surface area contributed by atoms with Gasteiger partial charge in [-0.3, -0.25) is 0 Å². The minimum Gasteiger partial charge on any atom is -0.464 e. The summed E-state index contributed by atoms with van der Waals surface area (Å²) in [6.07, 6.45) is 0.324. The van der Waals surface area contributed by atoms with Crippen molar-refractivity contribution in [2.24, 2.45) is 0 Å². The standard InChI is InChI=1S/C13H8ClN3O2/c14-12-15-7-11-9(16-12)6-10(17(11)13(18)19)8-4-2-1-3-5-8/h1-7H,(H,18,19). The van der Waals surface area contributed by atoms with Gasteiger partial charge < -0.3 is 5.11 Å². The molecule has 5 nitrogen and oxygen atoms in total. The van der Waals surface area contributed by atoms with Gasteiger partial charge in [0.05, 0.1) is 22.9 Å². The summed E-state index contributed by atoms with van der Waals surface area (Å²) in [5, 5.41) is 9.45. The smallest absolute Gasteiger partial charge is 0.416 e. The van der Waals surface area contributed by atoms with Gasteiger partial charge in [-0.2, -0.15) is 0 Å². The predicted octanol–water partition coefficient (Wildman–Crippen LogP) is 3.28. The average Bonchev–Trinajstić information content (AvgIpc) is 2.78. The Kier molecular flexibility index (Phi) is 2.68. The van der Waals surface area contributed by atoms with Gasteiger partial charge in [0.2, 0.25) is 5.28 Å². The summed E-state index contributed by atoms with van der Waals surface area (Å²) in [4.78, 5) is 19.3. The lowest BCUT2D eigenvalue weighted by atomic mass is 10.1. The molecule has 0 atom stereocenters. The van der Waals surface area contributed by atoms with Gasteiger partial charge in [-0.15, -0.1) is 0 Å². The van der Waals surface area contributed by atoms with E-state index in [4.69, 9.17) is 11.6 Å². The van der Waals surface area contributed by atoms with Crippen LogP contribution in [0, 0.1) is 0 Å². The summed E-state index contributed by atoms with van der Waals surface area (Å²) in [7, 11) is 0. The monoisotopic (exact) mass is 273 g/mol. The van der Waals surface area contributed by atoms with Gasteiger partial charge in [0.15, 0.2) is 0 Å². The summed E-state index contributed by atoms with van der Waals surface area (Å²) in [5.41, 5.74) is 2.25. The Labute approximate surface area is 113 Å². The fourth-order valence-corrected chi connectivity index (χ4v) is 2.14. The molecule has 94 valence electrons. The molecule has 19 heavy (non-hydrogen) atoms. The van der Waals surface area contributed by atoms with E-state index in [0.29, 0.717) is 16.7 Å². The van der Waals surface area contributed by atoms with E-state index in [2.05, 4.69) is 9.97 Å². The Balaban J connectivity index is 2.35. The van der Waals surface area contributed by atoms with Crippen LogP contribution in [0.4, 0.5) is 4.79 Å². The second kappa shape index (κ2) is 4.37. The van der Waals surface area contributed by atoms with Crippen molar-refractivity contribution in [3.05, 3.63) is 47.9 Å². The molecular weight excluding hydrogens is 266 g/mol. The van der Waals surface area contributed by atoms with E-state index in [1.54, 1.807) is 6.07 Å². The van der Waals surface area contributed by atoms with E-state index in [9.17, 15) is 9.90 Å². The summed E-state index contributed by atoms with van der Waals surface area (Å²) in [5.74, 6) is 0. The number of hydrogen-bond donors (Lipinski definition) is 1. The lowest BCUT2D eigenvalue weighted by molar-refractivity contribution is 0.198. The van der Waals surface area contributed by atoms with Crippen molar-refractivity contribution in [1.82, 2.24) is 14.5 Å². The molecule has 0 fully saturated rings. The van der Waals surface area contributed by atoms with Crippen LogP contribution in [0.3, 0.4) is 0 Å². The molecular formula is C13H8ClN3O2. The van der Waals surface area contributed by atoms with Gasteiger partial charge in [-0.05, 0) is 23.2 Å². The Morgan fingerprint density at radius 1 is 1.26 bits per heavy atom. The molecule has 2 aromatic heterocycles. The number of fused-ring (bicyclic) bond motifs is 1. The molecule has 0 spiro atoms.